The van der Waals surface area contributed by atoms with Gasteiger partial charge in [0.05, 0.1) is 16.9 Å². The summed E-state index contributed by atoms with van der Waals surface area (Å²) in [5, 5.41) is 8.43. The van der Waals surface area contributed by atoms with Crippen LogP contribution in [0.2, 0.25) is 5.02 Å². The second-order valence-corrected chi connectivity index (χ2v) is 5.08. The van der Waals surface area contributed by atoms with Crippen LogP contribution in [-0.4, -0.2) is 21.3 Å². The molecule has 2 aromatic heterocycles. The van der Waals surface area contributed by atoms with E-state index in [4.69, 9.17) is 11.6 Å². The zero-order chi connectivity index (χ0) is 14.0. The molecule has 5 heteroatoms. The molecule has 0 spiro atoms. The van der Waals surface area contributed by atoms with Crippen molar-refractivity contribution in [2.75, 3.05) is 6.54 Å². The molecule has 0 saturated carbocycles. The van der Waals surface area contributed by atoms with Crippen molar-refractivity contribution in [1.29, 1.82) is 0 Å². The lowest BCUT2D eigenvalue weighted by Crippen LogP contribution is -2.16. The van der Waals surface area contributed by atoms with E-state index in [0.717, 1.165) is 35.9 Å². The van der Waals surface area contributed by atoms with Gasteiger partial charge in [-0.1, -0.05) is 18.5 Å². The average Bonchev–Trinajstić information content (AvgIpc) is 2.68. The van der Waals surface area contributed by atoms with Crippen molar-refractivity contribution in [2.24, 2.45) is 0 Å². The molecule has 2 heterocycles. The van der Waals surface area contributed by atoms with E-state index >= 15 is 0 Å². The van der Waals surface area contributed by atoms with Crippen molar-refractivity contribution in [2.45, 2.75) is 34.2 Å². The third-order valence-corrected chi connectivity index (χ3v) is 3.43. The van der Waals surface area contributed by atoms with Crippen molar-refractivity contribution >= 4 is 11.6 Å². The SMILES string of the molecule is CCNCc1c(C)cc(C)nc1-n1cc(Cl)c(C)n1. The number of halogens is 1. The zero-order valence-electron chi connectivity index (χ0n) is 11.8. The number of nitrogens with one attached hydrogen (secondary N) is 1. The molecule has 0 aliphatic carbocycles. The minimum atomic E-state index is 0.662. The van der Waals surface area contributed by atoms with Gasteiger partial charge < -0.3 is 5.32 Å². The fraction of sp³-hybridized carbons (Fsp3) is 0.429. The smallest absolute Gasteiger partial charge is 0.158 e. The summed E-state index contributed by atoms with van der Waals surface area (Å²) in [6, 6.07) is 2.09. The molecule has 2 rings (SSSR count). The maximum atomic E-state index is 6.09. The standard InChI is InChI=1S/C14H19ClN4/c1-5-16-7-12-9(2)6-10(3)17-14(12)19-8-13(15)11(4)18-19/h6,8,16H,5,7H2,1-4H3. The van der Waals surface area contributed by atoms with Crippen LogP contribution in [0.15, 0.2) is 12.3 Å². The Morgan fingerprint density at radius 2 is 2.05 bits per heavy atom. The average molecular weight is 279 g/mol. The summed E-state index contributed by atoms with van der Waals surface area (Å²) < 4.78 is 1.77. The van der Waals surface area contributed by atoms with Crippen LogP contribution in [0.4, 0.5) is 0 Å². The monoisotopic (exact) mass is 278 g/mol. The van der Waals surface area contributed by atoms with E-state index < -0.39 is 0 Å². The van der Waals surface area contributed by atoms with Crippen LogP contribution in [0, 0.1) is 20.8 Å². The fourth-order valence-electron chi connectivity index (χ4n) is 2.05. The van der Waals surface area contributed by atoms with E-state index in [1.807, 2.05) is 20.0 Å². The Hall–Kier alpha value is -1.39. The number of pyridine rings is 1. The first kappa shape index (κ1) is 14.0. The molecule has 102 valence electrons. The minimum Gasteiger partial charge on any atom is -0.313 e. The van der Waals surface area contributed by atoms with E-state index in [9.17, 15) is 0 Å². The van der Waals surface area contributed by atoms with Gasteiger partial charge in [0.1, 0.15) is 0 Å². The van der Waals surface area contributed by atoms with Crippen LogP contribution in [0.1, 0.15) is 29.4 Å². The molecule has 0 aliphatic heterocycles. The zero-order valence-corrected chi connectivity index (χ0v) is 12.5. The van der Waals surface area contributed by atoms with Crippen LogP contribution in [0.5, 0.6) is 0 Å². The third kappa shape index (κ3) is 2.96. The number of rotatable bonds is 4. The van der Waals surface area contributed by atoms with Crippen molar-refractivity contribution in [1.82, 2.24) is 20.1 Å². The molecular formula is C14H19ClN4. The van der Waals surface area contributed by atoms with E-state index in [2.05, 4.69) is 35.3 Å². The van der Waals surface area contributed by atoms with Gasteiger partial charge in [-0.15, -0.1) is 0 Å². The Balaban J connectivity index is 2.53. The molecule has 0 fully saturated rings. The molecule has 0 amide bonds. The van der Waals surface area contributed by atoms with Crippen LogP contribution >= 0.6 is 11.6 Å². The Kier molecular flexibility index (Phi) is 4.22. The second-order valence-electron chi connectivity index (χ2n) is 4.67. The van der Waals surface area contributed by atoms with Gasteiger partial charge in [-0.05, 0) is 38.9 Å². The molecule has 4 nitrogen and oxygen atoms in total. The van der Waals surface area contributed by atoms with E-state index in [0.29, 0.717) is 5.02 Å². The van der Waals surface area contributed by atoms with Gasteiger partial charge in [-0.3, -0.25) is 0 Å². The quantitative estimate of drug-likeness (QED) is 0.935. The lowest BCUT2D eigenvalue weighted by atomic mass is 10.1. The predicted octanol–water partition coefficient (Wildman–Crippen LogP) is 2.96. The first-order valence-corrected chi connectivity index (χ1v) is 6.80. The van der Waals surface area contributed by atoms with Crippen LogP contribution in [0.3, 0.4) is 0 Å². The lowest BCUT2D eigenvalue weighted by Gasteiger charge is -2.13. The molecule has 0 unspecified atom stereocenters. The van der Waals surface area contributed by atoms with Crippen LogP contribution < -0.4 is 5.32 Å². The first-order valence-electron chi connectivity index (χ1n) is 6.43. The fourth-order valence-corrected chi connectivity index (χ4v) is 2.18. The maximum absolute atomic E-state index is 6.09. The number of nitrogens with zero attached hydrogens (tertiary/aromatic N) is 3. The minimum absolute atomic E-state index is 0.662. The molecule has 0 saturated heterocycles. The van der Waals surface area contributed by atoms with E-state index in [1.54, 1.807) is 4.68 Å². The van der Waals surface area contributed by atoms with Gasteiger partial charge in [0, 0.05) is 17.8 Å². The predicted molar refractivity (Wildman–Crippen MR) is 78.0 cm³/mol. The third-order valence-electron chi connectivity index (χ3n) is 3.06. The number of aromatic nitrogens is 3. The van der Waals surface area contributed by atoms with Gasteiger partial charge in [0.15, 0.2) is 5.82 Å². The van der Waals surface area contributed by atoms with Crippen molar-refractivity contribution < 1.29 is 0 Å². The van der Waals surface area contributed by atoms with Crippen LogP contribution in [0.25, 0.3) is 5.82 Å². The normalized spacial score (nSPS) is 11.0. The highest BCUT2D eigenvalue weighted by Crippen LogP contribution is 2.21. The summed E-state index contributed by atoms with van der Waals surface area (Å²) in [7, 11) is 0. The highest BCUT2D eigenvalue weighted by Gasteiger charge is 2.13. The van der Waals surface area contributed by atoms with E-state index in [1.165, 1.54) is 5.56 Å². The summed E-state index contributed by atoms with van der Waals surface area (Å²) in [5.74, 6) is 0.855. The highest BCUT2D eigenvalue weighted by atomic mass is 35.5. The van der Waals surface area contributed by atoms with Gasteiger partial charge >= 0.3 is 0 Å². The summed E-state index contributed by atoms with van der Waals surface area (Å²) in [5.41, 5.74) is 4.17. The summed E-state index contributed by atoms with van der Waals surface area (Å²) in [6.45, 7) is 9.78. The second kappa shape index (κ2) is 5.72. The number of hydrogen-bond acceptors (Lipinski definition) is 3. The van der Waals surface area contributed by atoms with Crippen molar-refractivity contribution in [3.63, 3.8) is 0 Å². The topological polar surface area (TPSA) is 42.7 Å². The Morgan fingerprint density at radius 1 is 1.32 bits per heavy atom. The highest BCUT2D eigenvalue weighted by molar-refractivity contribution is 6.31. The number of hydrogen-bond donors (Lipinski definition) is 1. The summed E-state index contributed by atoms with van der Waals surface area (Å²) >= 11 is 6.09. The van der Waals surface area contributed by atoms with Crippen molar-refractivity contribution in [3.05, 3.63) is 39.8 Å². The molecule has 2 aromatic rings. The van der Waals surface area contributed by atoms with E-state index in [-0.39, 0.29) is 0 Å². The molecule has 19 heavy (non-hydrogen) atoms. The number of aryl methyl sites for hydroxylation is 3. The van der Waals surface area contributed by atoms with Crippen molar-refractivity contribution in [3.8, 4) is 5.82 Å². The molecule has 1 N–H and O–H groups in total. The lowest BCUT2D eigenvalue weighted by molar-refractivity contribution is 0.703. The van der Waals surface area contributed by atoms with Crippen LogP contribution in [-0.2, 0) is 6.54 Å². The van der Waals surface area contributed by atoms with Gasteiger partial charge in [0.25, 0.3) is 0 Å². The summed E-state index contributed by atoms with van der Waals surface area (Å²) in [6.07, 6.45) is 1.81. The largest absolute Gasteiger partial charge is 0.313 e. The molecule has 0 radical (unpaired) electrons. The molecule has 0 aromatic carbocycles. The molecule has 0 atom stereocenters. The van der Waals surface area contributed by atoms with Gasteiger partial charge in [0.2, 0.25) is 0 Å². The molecule has 0 aliphatic rings. The Bertz CT molecular complexity index is 570. The van der Waals surface area contributed by atoms with Gasteiger partial charge in [-0.2, -0.15) is 5.10 Å². The Morgan fingerprint density at radius 3 is 2.63 bits per heavy atom. The first-order chi connectivity index (χ1) is 9.02. The van der Waals surface area contributed by atoms with Gasteiger partial charge in [-0.25, -0.2) is 9.67 Å². The maximum Gasteiger partial charge on any atom is 0.158 e. The molecule has 0 bridgehead atoms. The summed E-state index contributed by atoms with van der Waals surface area (Å²) in [4.78, 5) is 4.61. The molecular weight excluding hydrogens is 260 g/mol. The Labute approximate surface area is 118 Å².